The third-order valence-electron chi connectivity index (χ3n) is 3.09. The summed E-state index contributed by atoms with van der Waals surface area (Å²) >= 11 is 5.74. The molecule has 0 radical (unpaired) electrons. The van der Waals surface area contributed by atoms with Crippen molar-refractivity contribution in [3.8, 4) is 0 Å². The van der Waals surface area contributed by atoms with Gasteiger partial charge in [-0.15, -0.1) is 0 Å². The lowest BCUT2D eigenvalue weighted by atomic mass is 9.99. The molecule has 0 fully saturated rings. The van der Waals surface area contributed by atoms with E-state index in [-0.39, 0.29) is 11.4 Å². The second-order valence-corrected chi connectivity index (χ2v) is 5.02. The highest BCUT2D eigenvalue weighted by molar-refractivity contribution is 6.30. The number of halogens is 2. The zero-order chi connectivity index (χ0) is 14.5. The highest BCUT2D eigenvalue weighted by Gasteiger charge is 2.13. The molecular formula is C16H16ClFO2. The molecule has 106 valence electrons. The number of benzene rings is 2. The van der Waals surface area contributed by atoms with E-state index >= 15 is 0 Å². The van der Waals surface area contributed by atoms with Crippen LogP contribution < -0.4 is 0 Å². The monoisotopic (exact) mass is 294 g/mol. The Balaban J connectivity index is 2.17. The Kier molecular flexibility index (Phi) is 5.12. The lowest BCUT2D eigenvalue weighted by Gasteiger charge is -2.13. The molecular weight excluding hydrogens is 279 g/mol. The Bertz CT molecular complexity index is 586. The number of aliphatic hydroxyl groups is 1. The van der Waals surface area contributed by atoms with Crippen LogP contribution in [-0.2, 0) is 17.8 Å². The third-order valence-corrected chi connectivity index (χ3v) is 3.38. The number of hydrogen-bond donors (Lipinski definition) is 1. The second kappa shape index (κ2) is 6.84. The molecule has 1 atom stereocenters. The van der Waals surface area contributed by atoms with Crippen LogP contribution in [0.4, 0.5) is 4.39 Å². The van der Waals surface area contributed by atoms with Crippen molar-refractivity contribution in [2.45, 2.75) is 19.1 Å². The van der Waals surface area contributed by atoms with Gasteiger partial charge < -0.3 is 9.84 Å². The minimum Gasteiger partial charge on any atom is -0.388 e. The van der Waals surface area contributed by atoms with Gasteiger partial charge in [-0.2, -0.15) is 0 Å². The van der Waals surface area contributed by atoms with E-state index in [9.17, 15) is 9.50 Å². The van der Waals surface area contributed by atoms with Crippen molar-refractivity contribution < 1.29 is 14.2 Å². The highest BCUT2D eigenvalue weighted by atomic mass is 35.5. The summed E-state index contributed by atoms with van der Waals surface area (Å²) < 4.78 is 18.9. The molecule has 2 aromatic rings. The molecule has 1 unspecified atom stereocenters. The fourth-order valence-electron chi connectivity index (χ4n) is 2.09. The van der Waals surface area contributed by atoms with E-state index in [1.165, 1.54) is 6.07 Å². The fourth-order valence-corrected chi connectivity index (χ4v) is 2.28. The minimum atomic E-state index is -0.778. The molecule has 20 heavy (non-hydrogen) atoms. The van der Waals surface area contributed by atoms with E-state index < -0.39 is 11.9 Å². The first kappa shape index (κ1) is 15.0. The molecule has 2 aromatic carbocycles. The second-order valence-electron chi connectivity index (χ2n) is 4.61. The van der Waals surface area contributed by atoms with Crippen molar-refractivity contribution in [3.05, 3.63) is 70.0 Å². The molecule has 0 aliphatic rings. The lowest BCUT2D eigenvalue weighted by molar-refractivity contribution is 0.174. The Hall–Kier alpha value is -1.42. The molecule has 0 aromatic heterocycles. The molecule has 0 saturated carbocycles. The highest BCUT2D eigenvalue weighted by Crippen LogP contribution is 2.24. The van der Waals surface area contributed by atoms with Crippen LogP contribution >= 0.6 is 11.6 Å². The van der Waals surface area contributed by atoms with Gasteiger partial charge in [0.05, 0.1) is 17.7 Å². The van der Waals surface area contributed by atoms with Gasteiger partial charge in [0.1, 0.15) is 5.82 Å². The van der Waals surface area contributed by atoms with Gasteiger partial charge >= 0.3 is 0 Å². The molecule has 0 amide bonds. The molecule has 2 rings (SSSR count). The van der Waals surface area contributed by atoms with E-state index in [4.69, 9.17) is 16.3 Å². The van der Waals surface area contributed by atoms with Crippen LogP contribution in [0.15, 0.2) is 42.5 Å². The van der Waals surface area contributed by atoms with Crippen LogP contribution in [0.2, 0.25) is 5.02 Å². The van der Waals surface area contributed by atoms with Gasteiger partial charge in [-0.3, -0.25) is 0 Å². The summed E-state index contributed by atoms with van der Waals surface area (Å²) in [7, 11) is 1.62. The van der Waals surface area contributed by atoms with Crippen LogP contribution in [0.5, 0.6) is 0 Å². The summed E-state index contributed by atoms with van der Waals surface area (Å²) in [5.41, 5.74) is 2.11. The van der Waals surface area contributed by atoms with Crippen molar-refractivity contribution in [1.82, 2.24) is 0 Å². The van der Waals surface area contributed by atoms with Crippen LogP contribution in [0.1, 0.15) is 22.8 Å². The maximum Gasteiger partial charge on any atom is 0.145 e. The normalized spacial score (nSPS) is 12.4. The van der Waals surface area contributed by atoms with Crippen LogP contribution in [-0.4, -0.2) is 12.2 Å². The lowest BCUT2D eigenvalue weighted by Crippen LogP contribution is -2.04. The molecule has 0 saturated heterocycles. The Labute approximate surface area is 122 Å². The smallest absolute Gasteiger partial charge is 0.145 e. The number of methoxy groups -OCH3 is 1. The van der Waals surface area contributed by atoms with E-state index in [2.05, 4.69) is 0 Å². The summed E-state index contributed by atoms with van der Waals surface area (Å²) in [4.78, 5) is 0. The van der Waals surface area contributed by atoms with Gasteiger partial charge in [-0.1, -0.05) is 48.0 Å². The average molecular weight is 295 g/mol. The first-order valence-electron chi connectivity index (χ1n) is 6.30. The summed E-state index contributed by atoms with van der Waals surface area (Å²) in [5.74, 6) is -0.471. The number of hydrogen-bond acceptors (Lipinski definition) is 2. The molecule has 0 aliphatic carbocycles. The fraction of sp³-hybridized carbons (Fsp3) is 0.250. The van der Waals surface area contributed by atoms with Crippen molar-refractivity contribution in [1.29, 1.82) is 0 Å². The van der Waals surface area contributed by atoms with Crippen molar-refractivity contribution in [2.24, 2.45) is 0 Å². The number of rotatable bonds is 5. The van der Waals surface area contributed by atoms with Gasteiger partial charge in [0.2, 0.25) is 0 Å². The summed E-state index contributed by atoms with van der Waals surface area (Å²) in [6, 6.07) is 12.2. The van der Waals surface area contributed by atoms with Crippen molar-refractivity contribution in [2.75, 3.05) is 7.11 Å². The Morgan fingerprint density at radius 1 is 1.25 bits per heavy atom. The molecule has 0 bridgehead atoms. The first-order chi connectivity index (χ1) is 9.61. The van der Waals surface area contributed by atoms with Gasteiger partial charge in [0, 0.05) is 13.5 Å². The molecule has 0 aliphatic heterocycles. The topological polar surface area (TPSA) is 29.5 Å². The summed E-state index contributed by atoms with van der Waals surface area (Å²) in [5, 5.41) is 10.3. The maximum atomic E-state index is 13.8. The van der Waals surface area contributed by atoms with Gasteiger partial charge in [0.25, 0.3) is 0 Å². The third kappa shape index (κ3) is 3.57. The van der Waals surface area contributed by atoms with Crippen LogP contribution in [0, 0.1) is 5.82 Å². The molecule has 4 heteroatoms. The van der Waals surface area contributed by atoms with E-state index in [1.807, 2.05) is 24.3 Å². The molecule has 1 N–H and O–H groups in total. The van der Waals surface area contributed by atoms with E-state index in [0.717, 1.165) is 11.1 Å². The van der Waals surface area contributed by atoms with Gasteiger partial charge in [0.15, 0.2) is 0 Å². The summed E-state index contributed by atoms with van der Waals surface area (Å²) in [6.07, 6.45) is -0.595. The molecule has 2 nitrogen and oxygen atoms in total. The van der Waals surface area contributed by atoms with Gasteiger partial charge in [-0.05, 0) is 22.8 Å². The quantitative estimate of drug-likeness (QED) is 0.906. The zero-order valence-electron chi connectivity index (χ0n) is 11.1. The number of aliphatic hydroxyl groups excluding tert-OH is 1. The minimum absolute atomic E-state index is 0.0721. The molecule has 0 spiro atoms. The average Bonchev–Trinajstić information content (AvgIpc) is 2.44. The zero-order valence-corrected chi connectivity index (χ0v) is 11.9. The van der Waals surface area contributed by atoms with E-state index in [0.29, 0.717) is 12.2 Å². The van der Waals surface area contributed by atoms with Gasteiger partial charge in [-0.25, -0.2) is 4.39 Å². The standard InChI is InChI=1S/C16H16ClFO2/c1-20-10-11-4-2-5-12(8-11)15(19)9-13-6-3-7-14(17)16(13)18/h2-8,15,19H,9-10H2,1H3. The van der Waals surface area contributed by atoms with E-state index in [1.54, 1.807) is 19.2 Å². The van der Waals surface area contributed by atoms with Crippen LogP contribution in [0.3, 0.4) is 0 Å². The SMILES string of the molecule is COCc1cccc(C(O)Cc2cccc(Cl)c2F)c1. The van der Waals surface area contributed by atoms with Crippen molar-refractivity contribution >= 4 is 11.6 Å². The van der Waals surface area contributed by atoms with Crippen LogP contribution in [0.25, 0.3) is 0 Å². The predicted octanol–water partition coefficient (Wildman–Crippen LogP) is 3.90. The number of ether oxygens (including phenoxy) is 1. The Morgan fingerprint density at radius 2 is 2.00 bits per heavy atom. The molecule has 0 heterocycles. The largest absolute Gasteiger partial charge is 0.388 e. The van der Waals surface area contributed by atoms with Crippen molar-refractivity contribution in [3.63, 3.8) is 0 Å². The first-order valence-corrected chi connectivity index (χ1v) is 6.68. The predicted molar refractivity (Wildman–Crippen MR) is 77.2 cm³/mol. The summed E-state index contributed by atoms with van der Waals surface area (Å²) in [6.45, 7) is 0.478. The maximum absolute atomic E-state index is 13.8. The Morgan fingerprint density at radius 3 is 2.75 bits per heavy atom.